The van der Waals surface area contributed by atoms with Crippen LogP contribution >= 0.6 is 0 Å². The van der Waals surface area contributed by atoms with Crippen molar-refractivity contribution in [3.8, 4) is 33.4 Å². The molecule has 0 fully saturated rings. The van der Waals surface area contributed by atoms with Crippen molar-refractivity contribution in [2.24, 2.45) is 0 Å². The Bertz CT molecular complexity index is 3230. The molecule has 0 spiro atoms. The normalized spacial score (nSPS) is 16.7. The third kappa shape index (κ3) is 5.56. The summed E-state index contributed by atoms with van der Waals surface area (Å²) < 4.78 is 0. The first-order valence-corrected chi connectivity index (χ1v) is 21.9. The van der Waals surface area contributed by atoms with Crippen molar-refractivity contribution < 1.29 is 0 Å². The molecule has 1 nitrogen and oxygen atoms in total. The van der Waals surface area contributed by atoms with Gasteiger partial charge in [0.2, 0.25) is 0 Å². The van der Waals surface area contributed by atoms with E-state index in [0.717, 1.165) is 17.1 Å². The first-order valence-electron chi connectivity index (χ1n) is 21.9. The summed E-state index contributed by atoms with van der Waals surface area (Å²) in [6.45, 7) is 0. The van der Waals surface area contributed by atoms with E-state index in [4.69, 9.17) is 0 Å². The van der Waals surface area contributed by atoms with Crippen LogP contribution in [0.15, 0.2) is 261 Å². The fraction of sp³-hybridized carbons (Fsp3) is 0.0323. The van der Waals surface area contributed by atoms with Crippen LogP contribution in [0, 0.1) is 0 Å². The van der Waals surface area contributed by atoms with Gasteiger partial charge in [-0.2, -0.15) is 0 Å². The summed E-state index contributed by atoms with van der Waals surface area (Å²) in [5.74, 6) is 0. The Kier molecular flexibility index (Phi) is 8.69. The van der Waals surface area contributed by atoms with Crippen LogP contribution in [0.3, 0.4) is 0 Å². The first-order chi connectivity index (χ1) is 31.3. The Balaban J connectivity index is 0.989. The number of para-hydroxylation sites is 1. The maximum atomic E-state index is 2.41. The molecule has 0 radical (unpaired) electrons. The maximum Gasteiger partial charge on any atom is 0.0720 e. The Morgan fingerprint density at radius 2 is 0.587 bits per heavy atom. The summed E-state index contributed by atoms with van der Waals surface area (Å²) in [6, 6.07) is 96.3. The van der Waals surface area contributed by atoms with E-state index in [2.05, 4.69) is 266 Å². The van der Waals surface area contributed by atoms with E-state index in [1.807, 2.05) is 0 Å². The predicted molar refractivity (Wildman–Crippen MR) is 261 cm³/mol. The number of benzene rings is 10. The molecular formula is C62H43N. The zero-order chi connectivity index (χ0) is 41.8. The van der Waals surface area contributed by atoms with Crippen molar-refractivity contribution in [3.05, 3.63) is 305 Å². The predicted octanol–water partition coefficient (Wildman–Crippen LogP) is 15.5. The highest BCUT2D eigenvalue weighted by Crippen LogP contribution is 2.65. The molecule has 296 valence electrons. The summed E-state index contributed by atoms with van der Waals surface area (Å²) in [5.41, 5.74) is 20.2. The summed E-state index contributed by atoms with van der Waals surface area (Å²) in [6.07, 6.45) is 0. The molecule has 0 amide bonds. The zero-order valence-corrected chi connectivity index (χ0v) is 34.8. The van der Waals surface area contributed by atoms with Gasteiger partial charge in [-0.3, -0.25) is 0 Å². The lowest BCUT2D eigenvalue weighted by molar-refractivity contribution is 0.627. The van der Waals surface area contributed by atoms with Crippen LogP contribution < -0.4 is 4.90 Å². The Morgan fingerprint density at radius 1 is 0.222 bits per heavy atom. The Labute approximate surface area is 369 Å². The molecule has 2 atom stereocenters. The van der Waals surface area contributed by atoms with Crippen LogP contribution in [-0.4, -0.2) is 0 Å². The van der Waals surface area contributed by atoms with Crippen LogP contribution in [0.1, 0.15) is 44.5 Å². The maximum absolute atomic E-state index is 2.41. The average Bonchev–Trinajstić information content (AvgIpc) is 3.68. The molecule has 2 aliphatic carbocycles. The largest absolute Gasteiger partial charge is 0.311 e. The summed E-state index contributed by atoms with van der Waals surface area (Å²) in [7, 11) is 0. The van der Waals surface area contributed by atoms with Gasteiger partial charge in [0, 0.05) is 17.1 Å². The molecule has 2 aliphatic rings. The monoisotopic (exact) mass is 801 g/mol. The van der Waals surface area contributed by atoms with Crippen LogP contribution in [0.5, 0.6) is 0 Å². The standard InChI is InChI=1S/C62H43N/c1-5-18-44(19-6-1)46-34-40-52(41-35-46)63(51-24-11-4-12-25-51)53-42-36-47(37-43-53)45-32-38-50(39-33-45)61(48-20-7-2-8-21-48)57-29-15-16-30-58(57)62(49-22-9-3-10-23-49)56-28-14-13-26-54(56)55-27-17-31-59(61)60(55)62/h1-43H. The molecule has 10 aromatic carbocycles. The minimum absolute atomic E-state index is 0.460. The minimum Gasteiger partial charge on any atom is -0.311 e. The van der Waals surface area contributed by atoms with Crippen molar-refractivity contribution in [3.63, 3.8) is 0 Å². The lowest BCUT2D eigenvalue weighted by Gasteiger charge is -2.49. The molecule has 12 rings (SSSR count). The average molecular weight is 802 g/mol. The second-order valence-electron chi connectivity index (χ2n) is 16.8. The number of nitrogens with zero attached hydrogens (tertiary/aromatic N) is 1. The van der Waals surface area contributed by atoms with Gasteiger partial charge in [-0.1, -0.05) is 224 Å². The van der Waals surface area contributed by atoms with E-state index >= 15 is 0 Å². The fourth-order valence-electron chi connectivity index (χ4n) is 11.0. The smallest absolute Gasteiger partial charge is 0.0720 e. The number of fused-ring (bicyclic) bond motifs is 5. The van der Waals surface area contributed by atoms with Crippen molar-refractivity contribution in [2.75, 3.05) is 4.90 Å². The van der Waals surface area contributed by atoms with Crippen LogP contribution in [0.4, 0.5) is 17.1 Å². The molecule has 0 bridgehead atoms. The highest BCUT2D eigenvalue weighted by Gasteiger charge is 2.57. The van der Waals surface area contributed by atoms with Crippen LogP contribution in [-0.2, 0) is 10.8 Å². The van der Waals surface area contributed by atoms with E-state index in [-0.39, 0.29) is 0 Å². The summed E-state index contributed by atoms with van der Waals surface area (Å²) >= 11 is 0. The number of hydrogen-bond donors (Lipinski definition) is 0. The minimum atomic E-state index is -0.571. The van der Waals surface area contributed by atoms with Gasteiger partial charge in [0.05, 0.1) is 10.8 Å². The molecule has 1 heteroatoms. The van der Waals surface area contributed by atoms with Gasteiger partial charge in [-0.25, -0.2) is 0 Å². The summed E-state index contributed by atoms with van der Waals surface area (Å²) in [4.78, 5) is 2.33. The fourth-order valence-corrected chi connectivity index (χ4v) is 11.0. The van der Waals surface area contributed by atoms with Gasteiger partial charge in [0.1, 0.15) is 0 Å². The molecular weight excluding hydrogens is 759 g/mol. The lowest BCUT2D eigenvalue weighted by Crippen LogP contribution is -2.44. The van der Waals surface area contributed by atoms with Gasteiger partial charge in [0.15, 0.2) is 0 Å². The Morgan fingerprint density at radius 3 is 1.16 bits per heavy atom. The van der Waals surface area contributed by atoms with Crippen LogP contribution in [0.2, 0.25) is 0 Å². The topological polar surface area (TPSA) is 3.24 Å². The van der Waals surface area contributed by atoms with Crippen molar-refractivity contribution in [2.45, 2.75) is 10.8 Å². The molecule has 63 heavy (non-hydrogen) atoms. The van der Waals surface area contributed by atoms with Crippen molar-refractivity contribution in [1.29, 1.82) is 0 Å². The van der Waals surface area contributed by atoms with Gasteiger partial charge < -0.3 is 4.90 Å². The van der Waals surface area contributed by atoms with Gasteiger partial charge in [-0.05, 0) is 114 Å². The first kappa shape index (κ1) is 36.8. The number of anilines is 3. The van der Waals surface area contributed by atoms with Gasteiger partial charge in [0.25, 0.3) is 0 Å². The summed E-state index contributed by atoms with van der Waals surface area (Å²) in [5, 5.41) is 0. The lowest BCUT2D eigenvalue weighted by atomic mass is 9.51. The molecule has 0 saturated heterocycles. The molecule has 0 heterocycles. The third-order valence-corrected chi connectivity index (χ3v) is 13.6. The van der Waals surface area contributed by atoms with E-state index in [1.165, 1.54) is 77.9 Å². The van der Waals surface area contributed by atoms with E-state index in [9.17, 15) is 0 Å². The molecule has 2 unspecified atom stereocenters. The van der Waals surface area contributed by atoms with Crippen LogP contribution in [0.25, 0.3) is 33.4 Å². The van der Waals surface area contributed by atoms with E-state index in [1.54, 1.807) is 0 Å². The van der Waals surface area contributed by atoms with Crippen molar-refractivity contribution >= 4 is 17.1 Å². The molecule has 10 aromatic rings. The van der Waals surface area contributed by atoms with E-state index < -0.39 is 10.8 Å². The second-order valence-corrected chi connectivity index (χ2v) is 16.8. The number of hydrogen-bond acceptors (Lipinski definition) is 1. The Hall–Kier alpha value is -8.00. The second kappa shape index (κ2) is 14.9. The molecule has 0 aromatic heterocycles. The zero-order valence-electron chi connectivity index (χ0n) is 34.8. The highest BCUT2D eigenvalue weighted by atomic mass is 15.1. The molecule has 0 aliphatic heterocycles. The van der Waals surface area contributed by atoms with Crippen molar-refractivity contribution in [1.82, 2.24) is 0 Å². The highest BCUT2D eigenvalue weighted by molar-refractivity contribution is 5.92. The molecule has 0 N–H and O–H groups in total. The molecule has 0 saturated carbocycles. The van der Waals surface area contributed by atoms with E-state index in [0.29, 0.717) is 0 Å². The SMILES string of the molecule is c1ccc(-c2ccc(N(c3ccccc3)c3ccc(-c4ccc(C5(c6ccccc6)c6ccccc6C6(c7ccccc7)c7ccccc7-c7cccc5c76)cc4)cc3)cc2)cc1. The van der Waals surface area contributed by atoms with Gasteiger partial charge >= 0.3 is 0 Å². The third-order valence-electron chi connectivity index (χ3n) is 13.6. The quantitative estimate of drug-likeness (QED) is 0.148. The number of rotatable bonds is 8. The van der Waals surface area contributed by atoms with Gasteiger partial charge in [-0.15, -0.1) is 0 Å².